The lowest BCUT2D eigenvalue weighted by Gasteiger charge is -2.03. The topological polar surface area (TPSA) is 39.9 Å². The Bertz CT molecular complexity index is 542. The van der Waals surface area contributed by atoms with Crippen LogP contribution in [0.3, 0.4) is 0 Å². The van der Waals surface area contributed by atoms with Gasteiger partial charge in [0.05, 0.1) is 10.2 Å². The maximum absolute atomic E-state index is 9.08. The zero-order chi connectivity index (χ0) is 11.5. The highest BCUT2D eigenvalue weighted by Gasteiger charge is 2.08. The molecule has 2 rings (SSSR count). The van der Waals surface area contributed by atoms with E-state index < -0.39 is 0 Å². The lowest BCUT2D eigenvalue weighted by atomic mass is 10.3. The molecule has 4 heteroatoms. The van der Waals surface area contributed by atoms with E-state index in [1.165, 1.54) is 0 Å². The first-order chi connectivity index (χ1) is 7.70. The van der Waals surface area contributed by atoms with E-state index in [2.05, 4.69) is 11.1 Å². The van der Waals surface area contributed by atoms with E-state index >= 15 is 0 Å². The monoisotopic (exact) mass is 229 g/mol. The first kappa shape index (κ1) is 10.7. The summed E-state index contributed by atoms with van der Waals surface area (Å²) in [4.78, 5) is 6.29. The van der Waals surface area contributed by atoms with Crippen molar-refractivity contribution in [2.75, 3.05) is 14.1 Å². The number of allylic oxidation sites excluding steroid dienone is 1. The molecule has 0 amide bonds. The minimum absolute atomic E-state index is 0.603. The molecule has 0 aliphatic rings. The Morgan fingerprint density at radius 1 is 1.44 bits per heavy atom. The van der Waals surface area contributed by atoms with E-state index in [-0.39, 0.29) is 0 Å². The largest absolute Gasteiger partial charge is 0.382 e. The predicted molar refractivity (Wildman–Crippen MR) is 66.9 cm³/mol. The third-order valence-electron chi connectivity index (χ3n) is 2.03. The van der Waals surface area contributed by atoms with Crippen LogP contribution in [0.25, 0.3) is 15.8 Å². The van der Waals surface area contributed by atoms with Crippen LogP contribution in [0.4, 0.5) is 0 Å². The van der Waals surface area contributed by atoms with Gasteiger partial charge in [0.25, 0.3) is 0 Å². The lowest BCUT2D eigenvalue weighted by molar-refractivity contribution is 0.566. The second-order valence-corrected chi connectivity index (χ2v) is 4.64. The smallest absolute Gasteiger partial charge is 0.136 e. The van der Waals surface area contributed by atoms with Crippen LogP contribution in [0, 0.1) is 11.3 Å². The second-order valence-electron chi connectivity index (χ2n) is 3.60. The number of hydrogen-bond acceptors (Lipinski definition) is 4. The Kier molecular flexibility index (Phi) is 2.88. The number of nitrogens with zero attached hydrogens (tertiary/aromatic N) is 3. The van der Waals surface area contributed by atoms with Crippen molar-refractivity contribution in [1.82, 2.24) is 9.88 Å². The van der Waals surface area contributed by atoms with Crippen molar-refractivity contribution in [1.29, 1.82) is 5.26 Å². The van der Waals surface area contributed by atoms with Gasteiger partial charge in [0.1, 0.15) is 16.6 Å². The van der Waals surface area contributed by atoms with Crippen LogP contribution < -0.4 is 0 Å². The molecular weight excluding hydrogens is 218 g/mol. The molecule has 0 fully saturated rings. The minimum atomic E-state index is 0.603. The molecule has 0 N–H and O–H groups in total. The molecule has 0 unspecified atom stereocenters. The summed E-state index contributed by atoms with van der Waals surface area (Å²) < 4.78 is 1.11. The predicted octanol–water partition coefficient (Wildman–Crippen LogP) is 2.72. The van der Waals surface area contributed by atoms with Gasteiger partial charge in [0, 0.05) is 20.3 Å². The molecule has 0 radical (unpaired) electrons. The fourth-order valence-electron chi connectivity index (χ4n) is 1.38. The van der Waals surface area contributed by atoms with Gasteiger partial charge in [-0.2, -0.15) is 5.26 Å². The summed E-state index contributed by atoms with van der Waals surface area (Å²) in [6.07, 6.45) is 1.79. The highest BCUT2D eigenvalue weighted by Crippen LogP contribution is 2.26. The number of aromatic nitrogens is 1. The van der Waals surface area contributed by atoms with E-state index in [9.17, 15) is 0 Å². The molecule has 2 aromatic rings. The van der Waals surface area contributed by atoms with E-state index in [1.54, 1.807) is 17.5 Å². The normalized spacial score (nSPS) is 11.4. The maximum atomic E-state index is 9.08. The molecule has 3 nitrogen and oxygen atoms in total. The molecule has 0 aliphatic carbocycles. The fraction of sp³-hybridized carbons (Fsp3) is 0.167. The third-order valence-corrected chi connectivity index (χ3v) is 3.10. The van der Waals surface area contributed by atoms with Gasteiger partial charge in [-0.1, -0.05) is 12.1 Å². The van der Waals surface area contributed by atoms with Gasteiger partial charge < -0.3 is 4.90 Å². The standard InChI is InChI=1S/C12H11N3S/c1-15(2)8-9(7-13)12-14-10-5-3-4-6-11(10)16-12/h3-6,8H,1-2H3/b9-8-. The average Bonchev–Trinajstić information content (AvgIpc) is 2.68. The summed E-state index contributed by atoms with van der Waals surface area (Å²) in [7, 11) is 3.79. The highest BCUT2D eigenvalue weighted by molar-refractivity contribution is 7.19. The Hall–Kier alpha value is -1.86. The molecule has 0 saturated carbocycles. The Labute approximate surface area is 98.3 Å². The van der Waals surface area contributed by atoms with Gasteiger partial charge in [-0.05, 0) is 12.1 Å². The van der Waals surface area contributed by atoms with Gasteiger partial charge in [0.2, 0.25) is 0 Å². The number of fused-ring (bicyclic) bond motifs is 1. The number of para-hydroxylation sites is 1. The van der Waals surface area contributed by atoms with Crippen LogP contribution >= 0.6 is 11.3 Å². The number of hydrogen-bond donors (Lipinski definition) is 0. The molecule has 1 aromatic carbocycles. The van der Waals surface area contributed by atoms with Crippen molar-refractivity contribution < 1.29 is 0 Å². The second kappa shape index (κ2) is 4.33. The highest BCUT2D eigenvalue weighted by atomic mass is 32.1. The summed E-state index contributed by atoms with van der Waals surface area (Å²) in [5.41, 5.74) is 1.55. The van der Waals surface area contributed by atoms with Crippen molar-refractivity contribution in [2.45, 2.75) is 0 Å². The number of rotatable bonds is 2. The summed E-state index contributed by atoms with van der Waals surface area (Å²) in [6, 6.07) is 10.1. The quantitative estimate of drug-likeness (QED) is 0.743. The third kappa shape index (κ3) is 2.05. The molecule has 0 atom stereocenters. The van der Waals surface area contributed by atoms with Crippen LogP contribution in [0.2, 0.25) is 0 Å². The van der Waals surface area contributed by atoms with Gasteiger partial charge >= 0.3 is 0 Å². The SMILES string of the molecule is CN(C)/C=C(/C#N)c1nc2ccccc2s1. The van der Waals surface area contributed by atoms with Gasteiger partial charge in [-0.25, -0.2) is 4.98 Å². The van der Waals surface area contributed by atoms with Crippen LogP contribution in [0.1, 0.15) is 5.01 Å². The van der Waals surface area contributed by atoms with Crippen molar-refractivity contribution in [3.8, 4) is 6.07 Å². The van der Waals surface area contributed by atoms with E-state index in [1.807, 2.05) is 43.3 Å². The Balaban J connectivity index is 2.51. The fourth-order valence-corrected chi connectivity index (χ4v) is 2.30. The molecule has 16 heavy (non-hydrogen) atoms. The van der Waals surface area contributed by atoms with Gasteiger partial charge in [0.15, 0.2) is 0 Å². The lowest BCUT2D eigenvalue weighted by Crippen LogP contribution is -2.01. The summed E-state index contributed by atoms with van der Waals surface area (Å²) >= 11 is 1.54. The van der Waals surface area contributed by atoms with Crippen LogP contribution in [-0.2, 0) is 0 Å². The summed E-state index contributed by atoms with van der Waals surface area (Å²) in [5.74, 6) is 0. The zero-order valence-corrected chi connectivity index (χ0v) is 9.95. The first-order valence-electron chi connectivity index (χ1n) is 4.85. The molecule has 1 heterocycles. The molecule has 0 saturated heterocycles. The van der Waals surface area contributed by atoms with Crippen LogP contribution in [0.5, 0.6) is 0 Å². The minimum Gasteiger partial charge on any atom is -0.382 e. The molecule has 1 aromatic heterocycles. The van der Waals surface area contributed by atoms with E-state index in [0.717, 1.165) is 15.2 Å². The average molecular weight is 229 g/mol. The van der Waals surface area contributed by atoms with Gasteiger partial charge in [-0.15, -0.1) is 11.3 Å². The number of thiazole rings is 1. The van der Waals surface area contributed by atoms with Crippen molar-refractivity contribution in [3.63, 3.8) is 0 Å². The van der Waals surface area contributed by atoms with Crippen molar-refractivity contribution in [3.05, 3.63) is 35.5 Å². The summed E-state index contributed by atoms with van der Waals surface area (Å²) in [5, 5.41) is 9.85. The number of benzene rings is 1. The first-order valence-corrected chi connectivity index (χ1v) is 5.66. The molecular formula is C12H11N3S. The van der Waals surface area contributed by atoms with E-state index in [0.29, 0.717) is 5.57 Å². The zero-order valence-electron chi connectivity index (χ0n) is 9.14. The van der Waals surface area contributed by atoms with Crippen molar-refractivity contribution in [2.24, 2.45) is 0 Å². The van der Waals surface area contributed by atoms with E-state index in [4.69, 9.17) is 5.26 Å². The van der Waals surface area contributed by atoms with Crippen LogP contribution in [-0.4, -0.2) is 24.0 Å². The molecule has 0 bridgehead atoms. The molecule has 0 aliphatic heterocycles. The van der Waals surface area contributed by atoms with Gasteiger partial charge in [-0.3, -0.25) is 0 Å². The Morgan fingerprint density at radius 3 is 2.81 bits per heavy atom. The van der Waals surface area contributed by atoms with Crippen LogP contribution in [0.15, 0.2) is 30.5 Å². The number of nitriles is 1. The molecule has 80 valence electrons. The van der Waals surface area contributed by atoms with Crippen molar-refractivity contribution >= 4 is 27.1 Å². The molecule has 0 spiro atoms. The Morgan fingerprint density at radius 2 is 2.19 bits per heavy atom. The summed E-state index contributed by atoms with van der Waals surface area (Å²) in [6.45, 7) is 0. The maximum Gasteiger partial charge on any atom is 0.136 e.